The molecule has 0 atom stereocenters. The molecule has 6 nitrogen and oxygen atoms in total. The Bertz CT molecular complexity index is 1290. The van der Waals surface area contributed by atoms with Gasteiger partial charge in [-0.2, -0.15) is 0 Å². The molecule has 3 aromatic carbocycles. The highest BCUT2D eigenvalue weighted by Crippen LogP contribution is 2.26. The number of carboxylic acids is 1. The first-order valence-electron chi connectivity index (χ1n) is 11.1. The van der Waals surface area contributed by atoms with Gasteiger partial charge >= 0.3 is 5.97 Å². The number of hydrogen-bond acceptors (Lipinski definition) is 4. The SMILES string of the molecule is O=C(O)Cn1c(-c2cccc(CN3CCN(c4ccccc4F)CC3)c2)nc2ccccc21. The molecule has 1 aliphatic heterocycles. The molecular weight excluding hydrogens is 419 g/mol. The van der Waals surface area contributed by atoms with E-state index in [0.717, 1.165) is 54.9 Å². The van der Waals surface area contributed by atoms with Crippen LogP contribution in [0.3, 0.4) is 0 Å². The number of halogens is 1. The van der Waals surface area contributed by atoms with Crippen molar-refractivity contribution in [1.82, 2.24) is 14.5 Å². The van der Waals surface area contributed by atoms with Crippen LogP contribution in [0.25, 0.3) is 22.4 Å². The molecule has 1 fully saturated rings. The number of piperazine rings is 1. The van der Waals surface area contributed by atoms with Crippen LogP contribution >= 0.6 is 0 Å². The van der Waals surface area contributed by atoms with E-state index in [1.54, 1.807) is 10.6 Å². The maximum Gasteiger partial charge on any atom is 0.323 e. The zero-order chi connectivity index (χ0) is 22.8. The topological polar surface area (TPSA) is 61.6 Å². The molecule has 0 amide bonds. The number of benzene rings is 3. The standard InChI is InChI=1S/C26H25FN4O2/c27-21-8-1-3-10-23(21)30-14-12-29(13-15-30)17-19-6-5-7-20(16-19)26-28-22-9-2-4-11-24(22)31(26)18-25(32)33/h1-11,16H,12-15,17-18H2,(H,32,33). The highest BCUT2D eigenvalue weighted by atomic mass is 19.1. The Labute approximate surface area is 191 Å². The quantitative estimate of drug-likeness (QED) is 0.482. The van der Waals surface area contributed by atoms with Gasteiger partial charge in [0.25, 0.3) is 0 Å². The number of aliphatic carboxylic acids is 1. The molecule has 2 heterocycles. The van der Waals surface area contributed by atoms with Crippen molar-refractivity contribution in [3.8, 4) is 11.4 Å². The minimum absolute atomic E-state index is 0.141. The predicted molar refractivity (Wildman–Crippen MR) is 127 cm³/mol. The Kier molecular flexibility index (Phi) is 5.79. The number of imidazole rings is 1. The van der Waals surface area contributed by atoms with E-state index in [1.165, 1.54) is 6.07 Å². The fourth-order valence-corrected chi connectivity index (χ4v) is 4.51. The molecular formula is C26H25FN4O2. The molecule has 33 heavy (non-hydrogen) atoms. The average molecular weight is 445 g/mol. The maximum atomic E-state index is 14.1. The highest BCUT2D eigenvalue weighted by Gasteiger charge is 2.20. The molecule has 1 saturated heterocycles. The van der Waals surface area contributed by atoms with Crippen LogP contribution in [0.15, 0.2) is 72.8 Å². The number of anilines is 1. The van der Waals surface area contributed by atoms with Gasteiger partial charge in [0.2, 0.25) is 0 Å². The fourth-order valence-electron chi connectivity index (χ4n) is 4.51. The van der Waals surface area contributed by atoms with Crippen LogP contribution < -0.4 is 4.90 Å². The van der Waals surface area contributed by atoms with E-state index in [-0.39, 0.29) is 12.4 Å². The van der Waals surface area contributed by atoms with Gasteiger partial charge in [-0.15, -0.1) is 0 Å². The lowest BCUT2D eigenvalue weighted by Crippen LogP contribution is -2.46. The van der Waals surface area contributed by atoms with Gasteiger partial charge in [0.1, 0.15) is 18.2 Å². The summed E-state index contributed by atoms with van der Waals surface area (Å²) < 4.78 is 15.9. The molecule has 7 heteroatoms. The molecule has 1 aromatic heterocycles. The fraction of sp³-hybridized carbons (Fsp3) is 0.231. The zero-order valence-corrected chi connectivity index (χ0v) is 18.2. The number of rotatable bonds is 6. The van der Waals surface area contributed by atoms with Crippen LogP contribution in [0.5, 0.6) is 0 Å². The van der Waals surface area contributed by atoms with E-state index in [9.17, 15) is 14.3 Å². The third-order valence-electron chi connectivity index (χ3n) is 6.10. The Balaban J connectivity index is 1.34. The zero-order valence-electron chi connectivity index (χ0n) is 18.2. The van der Waals surface area contributed by atoms with E-state index >= 15 is 0 Å². The average Bonchev–Trinajstić information content (AvgIpc) is 3.18. The van der Waals surface area contributed by atoms with Crippen molar-refractivity contribution in [2.45, 2.75) is 13.1 Å². The molecule has 0 saturated carbocycles. The molecule has 168 valence electrons. The Hall–Kier alpha value is -3.71. The third kappa shape index (κ3) is 4.45. The van der Waals surface area contributed by atoms with Gasteiger partial charge in [-0.1, -0.05) is 42.5 Å². The van der Waals surface area contributed by atoms with Crippen molar-refractivity contribution in [3.05, 3.63) is 84.2 Å². The molecule has 1 aliphatic rings. The Morgan fingerprint density at radius 2 is 1.70 bits per heavy atom. The second kappa shape index (κ2) is 9.03. The van der Waals surface area contributed by atoms with Crippen molar-refractivity contribution in [2.75, 3.05) is 31.1 Å². The minimum Gasteiger partial charge on any atom is -0.480 e. The van der Waals surface area contributed by atoms with Gasteiger partial charge in [-0.05, 0) is 35.9 Å². The number of carbonyl (C=O) groups is 1. The van der Waals surface area contributed by atoms with Crippen LogP contribution in [-0.2, 0) is 17.9 Å². The van der Waals surface area contributed by atoms with Gasteiger partial charge in [-0.25, -0.2) is 9.37 Å². The first-order chi connectivity index (χ1) is 16.1. The van der Waals surface area contributed by atoms with Crippen molar-refractivity contribution in [3.63, 3.8) is 0 Å². The van der Waals surface area contributed by atoms with E-state index in [2.05, 4.69) is 21.9 Å². The van der Waals surface area contributed by atoms with Gasteiger partial charge in [0.15, 0.2) is 0 Å². The number of fused-ring (bicyclic) bond motifs is 1. The second-order valence-electron chi connectivity index (χ2n) is 8.32. The number of hydrogen-bond donors (Lipinski definition) is 1. The van der Waals surface area contributed by atoms with Crippen LogP contribution in [0.1, 0.15) is 5.56 Å². The molecule has 5 rings (SSSR count). The second-order valence-corrected chi connectivity index (χ2v) is 8.32. The Morgan fingerprint density at radius 1 is 0.939 bits per heavy atom. The van der Waals surface area contributed by atoms with Crippen LogP contribution in [0.4, 0.5) is 10.1 Å². The summed E-state index contributed by atoms with van der Waals surface area (Å²) in [5.41, 5.74) is 4.29. The van der Waals surface area contributed by atoms with Gasteiger partial charge in [0.05, 0.1) is 16.7 Å². The molecule has 0 bridgehead atoms. The van der Waals surface area contributed by atoms with E-state index in [1.807, 2.05) is 48.5 Å². The third-order valence-corrected chi connectivity index (χ3v) is 6.10. The van der Waals surface area contributed by atoms with Crippen LogP contribution in [0.2, 0.25) is 0 Å². The van der Waals surface area contributed by atoms with Crippen molar-refractivity contribution in [1.29, 1.82) is 0 Å². The smallest absolute Gasteiger partial charge is 0.323 e. The summed E-state index contributed by atoms with van der Waals surface area (Å²) >= 11 is 0. The van der Waals surface area contributed by atoms with E-state index in [4.69, 9.17) is 4.98 Å². The number of para-hydroxylation sites is 3. The van der Waals surface area contributed by atoms with Gasteiger partial charge in [-0.3, -0.25) is 9.69 Å². The van der Waals surface area contributed by atoms with Crippen molar-refractivity contribution >= 4 is 22.7 Å². The molecule has 0 unspecified atom stereocenters. The summed E-state index contributed by atoms with van der Waals surface area (Å²) in [6.45, 7) is 3.87. The molecule has 0 aliphatic carbocycles. The number of aromatic nitrogens is 2. The molecule has 4 aromatic rings. The largest absolute Gasteiger partial charge is 0.480 e. The predicted octanol–water partition coefficient (Wildman–Crippen LogP) is 4.25. The van der Waals surface area contributed by atoms with Crippen molar-refractivity contribution in [2.24, 2.45) is 0 Å². The lowest BCUT2D eigenvalue weighted by atomic mass is 10.1. The molecule has 0 spiro atoms. The van der Waals surface area contributed by atoms with Crippen LogP contribution in [0, 0.1) is 5.82 Å². The summed E-state index contributed by atoms with van der Waals surface area (Å²) in [4.78, 5) is 20.7. The van der Waals surface area contributed by atoms with E-state index in [0.29, 0.717) is 11.5 Å². The number of carboxylic acid groups (broad SMARTS) is 1. The summed E-state index contributed by atoms with van der Waals surface area (Å²) in [6.07, 6.45) is 0. The number of nitrogens with zero attached hydrogens (tertiary/aromatic N) is 4. The summed E-state index contributed by atoms with van der Waals surface area (Å²) in [7, 11) is 0. The summed E-state index contributed by atoms with van der Waals surface area (Å²) in [5.74, 6) is -0.420. The highest BCUT2D eigenvalue weighted by molar-refractivity contribution is 5.82. The molecule has 0 radical (unpaired) electrons. The summed E-state index contributed by atoms with van der Waals surface area (Å²) in [5, 5.41) is 9.43. The monoisotopic (exact) mass is 444 g/mol. The lowest BCUT2D eigenvalue weighted by Gasteiger charge is -2.36. The normalized spacial score (nSPS) is 14.6. The van der Waals surface area contributed by atoms with Gasteiger partial charge < -0.3 is 14.6 Å². The van der Waals surface area contributed by atoms with Gasteiger partial charge in [0, 0.05) is 38.3 Å². The van der Waals surface area contributed by atoms with E-state index < -0.39 is 5.97 Å². The van der Waals surface area contributed by atoms with Crippen LogP contribution in [-0.4, -0.2) is 51.7 Å². The lowest BCUT2D eigenvalue weighted by molar-refractivity contribution is -0.137. The van der Waals surface area contributed by atoms with Crippen molar-refractivity contribution < 1.29 is 14.3 Å². The summed E-state index contributed by atoms with van der Waals surface area (Å²) in [6, 6.07) is 22.6. The Morgan fingerprint density at radius 3 is 2.48 bits per heavy atom. The molecule has 1 N–H and O–H groups in total. The first-order valence-corrected chi connectivity index (χ1v) is 11.1. The minimum atomic E-state index is -0.900. The maximum absolute atomic E-state index is 14.1. The first kappa shape index (κ1) is 21.2.